The van der Waals surface area contributed by atoms with E-state index in [-0.39, 0.29) is 29.6 Å². The molecule has 0 saturated heterocycles. The number of ether oxygens (including phenoxy) is 4. The number of hydrogen-bond acceptors (Lipinski definition) is 8. The summed E-state index contributed by atoms with van der Waals surface area (Å²) in [7, 11) is 3.17. The summed E-state index contributed by atoms with van der Waals surface area (Å²) in [5.41, 5.74) is 3.94. The van der Waals surface area contributed by atoms with Crippen molar-refractivity contribution in [2.24, 2.45) is 0 Å². The van der Waals surface area contributed by atoms with Gasteiger partial charge in [0.25, 0.3) is 0 Å². The molecule has 0 spiro atoms. The van der Waals surface area contributed by atoms with Gasteiger partial charge in [-0.1, -0.05) is 19.4 Å². The van der Waals surface area contributed by atoms with Crippen molar-refractivity contribution in [1.82, 2.24) is 5.32 Å². The molecule has 0 amide bonds. The van der Waals surface area contributed by atoms with Crippen LogP contribution in [0.3, 0.4) is 0 Å². The Morgan fingerprint density at radius 2 is 1.77 bits per heavy atom. The van der Waals surface area contributed by atoms with E-state index in [1.165, 1.54) is 0 Å². The van der Waals surface area contributed by atoms with Crippen molar-refractivity contribution in [3.05, 3.63) is 68.5 Å². The smallest absolute Gasteiger partial charge is 0.336 e. The average Bonchev–Trinajstić information content (AvgIpc) is 2.94. The Balaban J connectivity index is 1.81. The molecular weight excluding hydrogens is 578 g/mol. The van der Waals surface area contributed by atoms with Crippen LogP contribution in [0.2, 0.25) is 0 Å². The molecule has 1 aliphatic heterocycles. The van der Waals surface area contributed by atoms with Crippen LogP contribution < -0.4 is 19.5 Å². The highest BCUT2D eigenvalue weighted by Crippen LogP contribution is 2.48. The Hall–Kier alpha value is -3.46. The van der Waals surface area contributed by atoms with Gasteiger partial charge in [-0.25, -0.2) is 4.79 Å². The molecule has 214 valence electrons. The maximum absolute atomic E-state index is 14.0. The maximum Gasteiger partial charge on any atom is 0.336 e. The number of carbonyl (C=O) groups is 2. The summed E-state index contributed by atoms with van der Waals surface area (Å²) in [6, 6.07) is 9.14. The Kier molecular flexibility index (Phi) is 9.45. The van der Waals surface area contributed by atoms with Crippen LogP contribution in [0.1, 0.15) is 69.4 Å². The summed E-state index contributed by atoms with van der Waals surface area (Å²) in [6.07, 6.45) is 2.47. The number of rotatable bonds is 10. The molecule has 0 aromatic heterocycles. The topological polar surface area (TPSA) is 103 Å². The van der Waals surface area contributed by atoms with Gasteiger partial charge in [0.2, 0.25) is 0 Å². The lowest BCUT2D eigenvalue weighted by Crippen LogP contribution is -2.36. The second-order valence-corrected chi connectivity index (χ2v) is 10.8. The minimum Gasteiger partial charge on any atom is -0.503 e. The van der Waals surface area contributed by atoms with E-state index in [9.17, 15) is 14.7 Å². The van der Waals surface area contributed by atoms with Crippen molar-refractivity contribution >= 4 is 27.7 Å². The number of Topliss-reactive ketones (excluding diaryl/α,β-unsaturated/α-hetero) is 1. The first kappa shape index (κ1) is 29.5. The highest BCUT2D eigenvalue weighted by atomic mass is 79.9. The second-order valence-electron chi connectivity index (χ2n) is 9.90. The fourth-order valence-electron chi connectivity index (χ4n) is 5.40. The van der Waals surface area contributed by atoms with Crippen molar-refractivity contribution < 1.29 is 33.6 Å². The molecule has 1 aliphatic carbocycles. The Morgan fingerprint density at radius 3 is 2.45 bits per heavy atom. The predicted molar refractivity (Wildman–Crippen MR) is 155 cm³/mol. The van der Waals surface area contributed by atoms with E-state index in [4.69, 9.17) is 18.9 Å². The number of ketones is 1. The van der Waals surface area contributed by atoms with E-state index in [0.29, 0.717) is 58.0 Å². The number of carbonyl (C=O) groups excluding carboxylic acids is 2. The molecule has 2 aliphatic rings. The van der Waals surface area contributed by atoms with Crippen LogP contribution in [0.25, 0.3) is 0 Å². The van der Waals surface area contributed by atoms with E-state index < -0.39 is 11.9 Å². The van der Waals surface area contributed by atoms with E-state index in [1.54, 1.807) is 26.4 Å². The van der Waals surface area contributed by atoms with E-state index >= 15 is 0 Å². The zero-order valence-electron chi connectivity index (χ0n) is 23.6. The molecule has 2 unspecified atom stereocenters. The van der Waals surface area contributed by atoms with Crippen molar-refractivity contribution in [3.8, 4) is 23.0 Å². The van der Waals surface area contributed by atoms with Crippen LogP contribution in [0.15, 0.2) is 57.3 Å². The largest absolute Gasteiger partial charge is 0.503 e. The van der Waals surface area contributed by atoms with Crippen LogP contribution in [-0.4, -0.2) is 44.3 Å². The minimum atomic E-state index is -0.680. The van der Waals surface area contributed by atoms with Crippen molar-refractivity contribution in [1.29, 1.82) is 0 Å². The molecule has 2 aromatic rings. The number of aromatic hydroxyl groups is 1. The Labute approximate surface area is 243 Å². The molecular formula is C31H36BrNO7. The Bertz CT molecular complexity index is 1360. The Morgan fingerprint density at radius 1 is 1.05 bits per heavy atom. The molecule has 0 saturated carbocycles. The fourth-order valence-corrected chi connectivity index (χ4v) is 5.86. The highest BCUT2D eigenvalue weighted by molar-refractivity contribution is 9.10. The molecule has 2 N–H and O–H groups in total. The first-order valence-electron chi connectivity index (χ1n) is 13.5. The van der Waals surface area contributed by atoms with Gasteiger partial charge in [-0.05, 0) is 83.9 Å². The average molecular weight is 615 g/mol. The number of methoxy groups -OCH3 is 2. The maximum atomic E-state index is 14.0. The number of hydrogen-bond donors (Lipinski definition) is 2. The van der Waals surface area contributed by atoms with Crippen molar-refractivity contribution in [3.63, 3.8) is 0 Å². The number of unbranched alkanes of at least 4 members (excludes halogenated alkanes) is 1. The summed E-state index contributed by atoms with van der Waals surface area (Å²) in [5, 5.41) is 13.9. The molecule has 4 rings (SSSR count). The molecule has 9 heteroatoms. The second kappa shape index (κ2) is 12.8. The lowest BCUT2D eigenvalue weighted by Gasteiger charge is -2.37. The van der Waals surface area contributed by atoms with Crippen LogP contribution in [-0.2, 0) is 14.3 Å². The van der Waals surface area contributed by atoms with Gasteiger partial charge in [0.15, 0.2) is 28.8 Å². The lowest BCUT2D eigenvalue weighted by atomic mass is 9.71. The number of phenolic OH excluding ortho intramolecular Hbond substituents is 1. The van der Waals surface area contributed by atoms with Crippen molar-refractivity contribution in [2.75, 3.05) is 27.4 Å². The zero-order chi connectivity index (χ0) is 29.0. The predicted octanol–water partition coefficient (Wildman–Crippen LogP) is 6.28. The van der Waals surface area contributed by atoms with Crippen LogP contribution in [0.4, 0.5) is 0 Å². The summed E-state index contributed by atoms with van der Waals surface area (Å²) in [5.74, 6) is 0.166. The van der Waals surface area contributed by atoms with Gasteiger partial charge in [-0.3, -0.25) is 4.79 Å². The number of nitrogens with one attached hydrogen (secondary N) is 1. The molecule has 1 heterocycles. The van der Waals surface area contributed by atoms with Crippen LogP contribution in [0, 0.1) is 0 Å². The molecule has 2 atom stereocenters. The normalized spacial score (nSPS) is 18.7. The number of dihydropyridines is 1. The summed E-state index contributed by atoms with van der Waals surface area (Å²) in [6.45, 7) is 6.32. The van der Waals surface area contributed by atoms with E-state index in [0.717, 1.165) is 24.1 Å². The number of halogens is 1. The monoisotopic (exact) mass is 613 g/mol. The number of benzene rings is 2. The molecule has 8 nitrogen and oxygen atoms in total. The van der Waals surface area contributed by atoms with Gasteiger partial charge in [0.1, 0.15) is 0 Å². The summed E-state index contributed by atoms with van der Waals surface area (Å²) < 4.78 is 22.6. The minimum absolute atomic E-state index is 0.0370. The van der Waals surface area contributed by atoms with Gasteiger partial charge in [0.05, 0.1) is 37.5 Å². The van der Waals surface area contributed by atoms with Crippen LogP contribution >= 0.6 is 15.9 Å². The standard InChI is InChI=1S/C31H36BrNO7/c1-6-8-11-40-31(36)27-17(3)33-22-13-19(18-9-10-24(37-4)25(15-18)38-5)14-23(34)29(22)28(27)20-12-21(32)30(35)26(16-20)39-7-2/h9-10,12,15-16,19,28,33,35H,6-8,11,13-14H2,1-5H3. The first-order chi connectivity index (χ1) is 19.2. The number of phenols is 1. The van der Waals surface area contributed by atoms with Crippen molar-refractivity contribution in [2.45, 2.75) is 58.3 Å². The van der Waals surface area contributed by atoms with Gasteiger partial charge in [-0.15, -0.1) is 0 Å². The summed E-state index contributed by atoms with van der Waals surface area (Å²) in [4.78, 5) is 27.4. The third kappa shape index (κ3) is 5.84. The SMILES string of the molecule is CCCCOC(=O)C1=C(C)NC2=C(C(=O)CC(c3ccc(OC)c(OC)c3)C2)C1c1cc(Br)c(O)c(OCC)c1. The molecule has 40 heavy (non-hydrogen) atoms. The quantitative estimate of drug-likeness (QED) is 0.238. The molecule has 0 fully saturated rings. The molecule has 0 radical (unpaired) electrons. The molecule has 2 aromatic carbocycles. The van der Waals surface area contributed by atoms with Gasteiger partial charge < -0.3 is 29.4 Å². The summed E-state index contributed by atoms with van der Waals surface area (Å²) >= 11 is 3.42. The first-order valence-corrected chi connectivity index (χ1v) is 14.3. The third-order valence-corrected chi connectivity index (χ3v) is 7.95. The van der Waals surface area contributed by atoms with E-state index in [2.05, 4.69) is 21.2 Å². The highest BCUT2D eigenvalue weighted by Gasteiger charge is 2.42. The van der Waals surface area contributed by atoms with Crippen LogP contribution in [0.5, 0.6) is 23.0 Å². The number of allylic oxidation sites excluding steroid dienone is 3. The van der Waals surface area contributed by atoms with Gasteiger partial charge in [-0.2, -0.15) is 0 Å². The van der Waals surface area contributed by atoms with Gasteiger partial charge in [0, 0.05) is 29.3 Å². The molecule has 0 bridgehead atoms. The number of esters is 1. The lowest BCUT2D eigenvalue weighted by molar-refractivity contribution is -0.139. The zero-order valence-corrected chi connectivity index (χ0v) is 25.1. The fraction of sp³-hybridized carbons (Fsp3) is 0.419. The van der Waals surface area contributed by atoms with Gasteiger partial charge >= 0.3 is 5.97 Å². The third-order valence-electron chi connectivity index (χ3n) is 7.34. The van der Waals surface area contributed by atoms with E-state index in [1.807, 2.05) is 39.0 Å².